The van der Waals surface area contributed by atoms with Crippen LogP contribution in [0.25, 0.3) is 11.3 Å². The van der Waals surface area contributed by atoms with Gasteiger partial charge in [0.05, 0.1) is 18.4 Å². The summed E-state index contributed by atoms with van der Waals surface area (Å²) in [5.74, 6) is -0.947. The van der Waals surface area contributed by atoms with Gasteiger partial charge in [-0.3, -0.25) is 14.4 Å². The molecule has 1 aromatic heterocycles. The average Bonchev–Trinajstić information content (AvgIpc) is 2.71. The minimum Gasteiger partial charge on any atom is -0.497 e. The first-order chi connectivity index (χ1) is 13.5. The fraction of sp³-hybridized carbons (Fsp3) is 0.0909. The lowest BCUT2D eigenvalue weighted by atomic mass is 9.86. The highest BCUT2D eigenvalue weighted by molar-refractivity contribution is 6.29. The second kappa shape index (κ2) is 6.74. The van der Waals surface area contributed by atoms with E-state index in [-0.39, 0.29) is 28.1 Å². The van der Waals surface area contributed by atoms with Gasteiger partial charge in [-0.05, 0) is 18.2 Å². The van der Waals surface area contributed by atoms with Gasteiger partial charge in [0.2, 0.25) is 5.78 Å². The lowest BCUT2D eigenvalue weighted by Gasteiger charge is -2.20. The zero-order valence-electron chi connectivity index (χ0n) is 15.2. The summed E-state index contributed by atoms with van der Waals surface area (Å²) in [6.45, 7) is 1.24. The van der Waals surface area contributed by atoms with Crippen molar-refractivity contribution in [3.05, 3.63) is 77.0 Å². The Labute approximate surface area is 160 Å². The van der Waals surface area contributed by atoms with Gasteiger partial charge >= 0.3 is 5.97 Å². The Kier molecular flexibility index (Phi) is 4.24. The van der Waals surface area contributed by atoms with Crippen LogP contribution in [-0.2, 0) is 4.79 Å². The topological polar surface area (TPSA) is 82.6 Å². The van der Waals surface area contributed by atoms with Crippen LogP contribution in [0, 0.1) is 0 Å². The van der Waals surface area contributed by atoms with Crippen LogP contribution >= 0.6 is 0 Å². The van der Waals surface area contributed by atoms with E-state index in [9.17, 15) is 14.4 Å². The molecule has 0 unspecified atom stereocenters. The van der Waals surface area contributed by atoms with Gasteiger partial charge in [0.25, 0.3) is 0 Å². The molecule has 0 radical (unpaired) electrons. The molecule has 0 atom stereocenters. The monoisotopic (exact) mass is 373 g/mol. The Morgan fingerprint density at radius 2 is 1.68 bits per heavy atom. The number of ether oxygens (including phenoxy) is 2. The number of carbonyl (C=O) groups excluding carboxylic acids is 3. The second-order valence-electron chi connectivity index (χ2n) is 6.26. The molecule has 0 N–H and O–H groups in total. The fourth-order valence-electron chi connectivity index (χ4n) is 3.20. The summed E-state index contributed by atoms with van der Waals surface area (Å²) in [6.07, 6.45) is 0. The molecule has 138 valence electrons. The SMILES string of the molecule is COc1ccc2c(c1)C(=O)c1nc(-c3ccccc3)cc(OC(C)=O)c1C2=O. The van der Waals surface area contributed by atoms with Crippen molar-refractivity contribution in [2.75, 3.05) is 7.11 Å². The third kappa shape index (κ3) is 2.85. The Hall–Kier alpha value is -3.80. The summed E-state index contributed by atoms with van der Waals surface area (Å²) in [6, 6.07) is 15.3. The molecule has 2 aromatic carbocycles. The molecule has 0 saturated heterocycles. The van der Waals surface area contributed by atoms with Crippen molar-refractivity contribution in [3.8, 4) is 22.8 Å². The molecule has 0 bridgehead atoms. The van der Waals surface area contributed by atoms with E-state index in [1.807, 2.05) is 30.3 Å². The predicted octanol–water partition coefficient (Wildman–Crippen LogP) is 3.46. The number of carbonyl (C=O) groups is 3. The van der Waals surface area contributed by atoms with Crippen molar-refractivity contribution < 1.29 is 23.9 Å². The number of methoxy groups -OCH3 is 1. The van der Waals surface area contributed by atoms with Gasteiger partial charge in [-0.25, -0.2) is 4.98 Å². The van der Waals surface area contributed by atoms with Crippen molar-refractivity contribution in [1.82, 2.24) is 4.98 Å². The zero-order valence-corrected chi connectivity index (χ0v) is 15.2. The van der Waals surface area contributed by atoms with Gasteiger partial charge in [0, 0.05) is 29.7 Å². The minimum atomic E-state index is -0.590. The Bertz CT molecular complexity index is 1140. The molecule has 1 heterocycles. The maximum absolute atomic E-state index is 13.1. The number of fused-ring (bicyclic) bond motifs is 2. The molecule has 6 heteroatoms. The highest BCUT2D eigenvalue weighted by Gasteiger charge is 2.35. The van der Waals surface area contributed by atoms with Gasteiger partial charge in [0.15, 0.2) is 5.78 Å². The fourth-order valence-corrected chi connectivity index (χ4v) is 3.20. The summed E-state index contributed by atoms with van der Waals surface area (Å²) < 4.78 is 10.4. The van der Waals surface area contributed by atoms with Gasteiger partial charge in [-0.1, -0.05) is 30.3 Å². The van der Waals surface area contributed by atoms with E-state index < -0.39 is 17.5 Å². The lowest BCUT2D eigenvalue weighted by Crippen LogP contribution is -2.24. The first-order valence-electron chi connectivity index (χ1n) is 8.56. The Morgan fingerprint density at radius 1 is 0.929 bits per heavy atom. The van der Waals surface area contributed by atoms with E-state index >= 15 is 0 Å². The summed E-state index contributed by atoms with van der Waals surface area (Å²) in [5, 5.41) is 0. The molecule has 0 fully saturated rings. The van der Waals surface area contributed by atoms with Crippen LogP contribution in [0.1, 0.15) is 38.9 Å². The van der Waals surface area contributed by atoms with E-state index in [0.717, 1.165) is 5.56 Å². The van der Waals surface area contributed by atoms with E-state index in [2.05, 4.69) is 4.98 Å². The van der Waals surface area contributed by atoms with Crippen LogP contribution in [0.3, 0.4) is 0 Å². The summed E-state index contributed by atoms with van der Waals surface area (Å²) in [4.78, 5) is 42.3. The maximum atomic E-state index is 13.1. The standard InChI is InChI=1S/C22H15NO5/c1-12(24)28-18-11-17(13-6-4-3-5-7-13)23-20-19(18)21(25)15-9-8-14(27-2)10-16(15)22(20)26/h3-11H,1-2H3. The first kappa shape index (κ1) is 17.6. The molecule has 0 aliphatic heterocycles. The number of pyridine rings is 1. The summed E-state index contributed by atoms with van der Waals surface area (Å²) in [7, 11) is 1.48. The van der Waals surface area contributed by atoms with Crippen LogP contribution < -0.4 is 9.47 Å². The minimum absolute atomic E-state index is 0.00227. The number of ketones is 2. The van der Waals surface area contributed by atoms with Gasteiger partial charge in [-0.15, -0.1) is 0 Å². The van der Waals surface area contributed by atoms with Crippen molar-refractivity contribution in [2.24, 2.45) is 0 Å². The van der Waals surface area contributed by atoms with Crippen LogP contribution in [-0.4, -0.2) is 29.6 Å². The van der Waals surface area contributed by atoms with E-state index in [1.54, 1.807) is 6.07 Å². The number of aromatic nitrogens is 1. The number of hydrogen-bond donors (Lipinski definition) is 0. The van der Waals surface area contributed by atoms with Crippen molar-refractivity contribution in [2.45, 2.75) is 6.92 Å². The highest BCUT2D eigenvalue weighted by Crippen LogP contribution is 2.36. The molecule has 0 amide bonds. The van der Waals surface area contributed by atoms with E-state index in [0.29, 0.717) is 11.4 Å². The Balaban J connectivity index is 1.97. The normalized spacial score (nSPS) is 12.2. The predicted molar refractivity (Wildman–Crippen MR) is 101 cm³/mol. The van der Waals surface area contributed by atoms with Crippen molar-refractivity contribution in [3.63, 3.8) is 0 Å². The van der Waals surface area contributed by atoms with Crippen LogP contribution in [0.4, 0.5) is 0 Å². The average molecular weight is 373 g/mol. The second-order valence-corrected chi connectivity index (χ2v) is 6.26. The third-order valence-electron chi connectivity index (χ3n) is 4.46. The molecule has 6 nitrogen and oxygen atoms in total. The molecule has 3 aromatic rings. The largest absolute Gasteiger partial charge is 0.497 e. The van der Waals surface area contributed by atoms with E-state index in [1.165, 1.54) is 32.2 Å². The molecule has 1 aliphatic rings. The highest BCUT2D eigenvalue weighted by atomic mass is 16.5. The molecule has 1 aliphatic carbocycles. The number of hydrogen-bond acceptors (Lipinski definition) is 6. The van der Waals surface area contributed by atoms with E-state index in [4.69, 9.17) is 9.47 Å². The molecule has 0 saturated carbocycles. The Morgan fingerprint density at radius 3 is 2.36 bits per heavy atom. The van der Waals surface area contributed by atoms with Gasteiger partial charge in [-0.2, -0.15) is 0 Å². The zero-order chi connectivity index (χ0) is 19.8. The summed E-state index contributed by atoms with van der Waals surface area (Å²) in [5.41, 5.74) is 1.56. The van der Waals surface area contributed by atoms with Gasteiger partial charge < -0.3 is 9.47 Å². The molecule has 28 heavy (non-hydrogen) atoms. The molecular weight excluding hydrogens is 358 g/mol. The van der Waals surface area contributed by atoms with Crippen molar-refractivity contribution >= 4 is 17.5 Å². The number of nitrogens with zero attached hydrogens (tertiary/aromatic N) is 1. The van der Waals surface area contributed by atoms with Crippen molar-refractivity contribution in [1.29, 1.82) is 0 Å². The number of rotatable bonds is 3. The molecule has 4 rings (SSSR count). The molecular formula is C22H15NO5. The maximum Gasteiger partial charge on any atom is 0.308 e. The summed E-state index contributed by atoms with van der Waals surface area (Å²) >= 11 is 0. The quantitative estimate of drug-likeness (QED) is 0.512. The molecule has 0 spiro atoms. The first-order valence-corrected chi connectivity index (χ1v) is 8.56. The van der Waals surface area contributed by atoms with Crippen LogP contribution in [0.15, 0.2) is 54.6 Å². The third-order valence-corrected chi connectivity index (χ3v) is 4.46. The van der Waals surface area contributed by atoms with Gasteiger partial charge in [0.1, 0.15) is 17.2 Å². The van der Waals surface area contributed by atoms with Crippen LogP contribution in [0.5, 0.6) is 11.5 Å². The van der Waals surface area contributed by atoms with Crippen LogP contribution in [0.2, 0.25) is 0 Å². The lowest BCUT2D eigenvalue weighted by molar-refractivity contribution is -0.131. The number of esters is 1. The smallest absolute Gasteiger partial charge is 0.308 e. The number of benzene rings is 2.